The maximum atomic E-state index is 10.6. The van der Waals surface area contributed by atoms with Crippen LogP contribution in [-0.2, 0) is 14.3 Å². The molecule has 0 aliphatic heterocycles. The van der Waals surface area contributed by atoms with Crippen molar-refractivity contribution < 1.29 is 14.3 Å². The molecule has 0 aromatic heterocycles. The van der Waals surface area contributed by atoms with E-state index in [1.165, 1.54) is 0 Å². The Labute approximate surface area is 71.2 Å². The third-order valence-corrected chi connectivity index (χ3v) is 1.61. The summed E-state index contributed by atoms with van der Waals surface area (Å²) in [5, 5.41) is 0. The number of hydrogen-bond donors (Lipinski definition) is 0. The summed E-state index contributed by atoms with van der Waals surface area (Å²) in [7, 11) is 0. The van der Waals surface area contributed by atoms with E-state index in [1.807, 2.05) is 0 Å². The summed E-state index contributed by atoms with van der Waals surface area (Å²) in [6.07, 6.45) is 0.629. The van der Waals surface area contributed by atoms with Crippen LogP contribution in [0.1, 0.15) is 6.92 Å². The zero-order valence-electron chi connectivity index (χ0n) is 5.59. The zero-order chi connectivity index (χ0) is 7.28. The Kier molecular flexibility index (Phi) is 5.04. The molecule has 0 rings (SSSR count). The van der Waals surface area contributed by atoms with Crippen molar-refractivity contribution in [3.8, 4) is 0 Å². The van der Waals surface area contributed by atoms with E-state index >= 15 is 0 Å². The summed E-state index contributed by atoms with van der Waals surface area (Å²) in [5.74, 6) is -0.390. The van der Waals surface area contributed by atoms with Gasteiger partial charge in [0.15, 0.2) is 0 Å². The molecule has 0 heterocycles. The van der Waals surface area contributed by atoms with E-state index in [4.69, 9.17) is 0 Å². The Morgan fingerprint density at radius 3 is 2.78 bits per heavy atom. The van der Waals surface area contributed by atoms with Crippen LogP contribution in [0.5, 0.6) is 0 Å². The molecular formula is C5H7NaO3. The van der Waals surface area contributed by atoms with Crippen molar-refractivity contribution in [3.05, 3.63) is 0 Å². The van der Waals surface area contributed by atoms with E-state index in [-0.39, 0.29) is 5.97 Å². The van der Waals surface area contributed by atoms with Gasteiger partial charge in [-0.05, 0) is 0 Å². The third kappa shape index (κ3) is 3.67. The first kappa shape index (κ1) is 9.14. The molecule has 0 aliphatic rings. The fourth-order valence-corrected chi connectivity index (χ4v) is 0.496. The van der Waals surface area contributed by atoms with E-state index in [1.54, 1.807) is 6.92 Å². The predicted molar refractivity (Wildman–Crippen MR) is 32.2 cm³/mol. The summed E-state index contributed by atoms with van der Waals surface area (Å²) in [6, 6.07) is 0. The number of rotatable bonds is 3. The molecule has 0 bridgehead atoms. The summed E-state index contributed by atoms with van der Waals surface area (Å²) in [4.78, 5) is 20.5. The zero-order valence-corrected chi connectivity index (χ0v) is 7.59. The van der Waals surface area contributed by atoms with Crippen LogP contribution in [0.25, 0.3) is 0 Å². The van der Waals surface area contributed by atoms with Gasteiger partial charge in [0.1, 0.15) is 0 Å². The van der Waals surface area contributed by atoms with Crippen LogP contribution in [0.15, 0.2) is 0 Å². The van der Waals surface area contributed by atoms with E-state index in [0.717, 1.165) is 0 Å². The Hall–Kier alpha value is 0.140. The predicted octanol–water partition coefficient (Wildman–Crippen LogP) is -0.295. The molecule has 9 heavy (non-hydrogen) atoms. The van der Waals surface area contributed by atoms with Crippen molar-refractivity contribution in [1.82, 2.24) is 0 Å². The van der Waals surface area contributed by atoms with Gasteiger partial charge in [-0.3, -0.25) is 0 Å². The normalized spacial score (nSPS) is 12.3. The molecule has 0 aromatic rings. The summed E-state index contributed by atoms with van der Waals surface area (Å²) in [5.41, 5.74) is 0. The van der Waals surface area contributed by atoms with E-state index in [9.17, 15) is 9.59 Å². The molecular weight excluding hydrogens is 131 g/mol. The second-order valence-corrected chi connectivity index (χ2v) is 2.92. The Morgan fingerprint density at radius 1 is 1.89 bits per heavy atom. The standard InChI is InChI=1S/C5H7O3.Na/c1-2-8-5(7)3-4-6;/h3-4H,2H2,1H3;. The van der Waals surface area contributed by atoms with Crippen LogP contribution in [0.2, 0.25) is 3.17 Å². The second-order valence-electron chi connectivity index (χ2n) is 1.68. The van der Waals surface area contributed by atoms with E-state index in [2.05, 4.69) is 4.74 Å². The van der Waals surface area contributed by atoms with Crippen LogP contribution >= 0.6 is 0 Å². The molecule has 0 aliphatic carbocycles. The number of esters is 1. The third-order valence-electron chi connectivity index (χ3n) is 0.863. The van der Waals surface area contributed by atoms with E-state index < -0.39 is 3.17 Å². The van der Waals surface area contributed by atoms with Gasteiger partial charge in [-0.1, -0.05) is 0 Å². The van der Waals surface area contributed by atoms with Crippen LogP contribution in [-0.4, -0.2) is 46.8 Å². The number of hydrogen-bond acceptors (Lipinski definition) is 3. The van der Waals surface area contributed by atoms with Crippen molar-refractivity contribution in [2.45, 2.75) is 10.1 Å². The van der Waals surface area contributed by atoms with Crippen molar-refractivity contribution in [1.29, 1.82) is 0 Å². The van der Waals surface area contributed by atoms with Gasteiger partial charge >= 0.3 is 71.2 Å². The van der Waals surface area contributed by atoms with Crippen LogP contribution in [0.3, 0.4) is 0 Å². The molecule has 0 N–H and O–H groups in total. The Balaban J connectivity index is 3.58. The van der Waals surface area contributed by atoms with Gasteiger partial charge in [-0.25, -0.2) is 0 Å². The van der Waals surface area contributed by atoms with Crippen molar-refractivity contribution in [2.75, 3.05) is 6.61 Å². The number of carbonyl (C=O) groups is 2. The number of aldehydes is 1. The molecule has 0 aromatic carbocycles. The average molecular weight is 138 g/mol. The SMILES string of the molecule is CCOC(=O)[CH]([Na])C=O. The van der Waals surface area contributed by atoms with Gasteiger partial charge in [0.25, 0.3) is 0 Å². The molecule has 0 amide bonds. The summed E-state index contributed by atoms with van der Waals surface area (Å²) >= 11 is 0.545. The van der Waals surface area contributed by atoms with Gasteiger partial charge < -0.3 is 0 Å². The topological polar surface area (TPSA) is 43.4 Å². The van der Waals surface area contributed by atoms with Gasteiger partial charge in [-0.2, -0.15) is 0 Å². The number of ether oxygens (including phenoxy) is 1. The monoisotopic (exact) mass is 138 g/mol. The van der Waals surface area contributed by atoms with Crippen LogP contribution < -0.4 is 0 Å². The molecule has 0 saturated heterocycles. The second kappa shape index (κ2) is 4.97. The van der Waals surface area contributed by atoms with Gasteiger partial charge in [0, 0.05) is 0 Å². The maximum absolute atomic E-state index is 10.6. The first-order chi connectivity index (χ1) is 4.22. The quantitative estimate of drug-likeness (QED) is 0.233. The van der Waals surface area contributed by atoms with Crippen molar-refractivity contribution in [3.63, 3.8) is 0 Å². The van der Waals surface area contributed by atoms with Crippen LogP contribution in [0.4, 0.5) is 0 Å². The molecule has 1 atom stereocenters. The average Bonchev–Trinajstić information content (AvgIpc) is 1.87. The van der Waals surface area contributed by atoms with Crippen molar-refractivity contribution >= 4 is 40.2 Å². The molecule has 4 heteroatoms. The minimum absolute atomic E-state index is 0.353. The fraction of sp³-hybridized carbons (Fsp3) is 0.600. The molecule has 3 nitrogen and oxygen atoms in total. The Morgan fingerprint density at radius 2 is 2.44 bits per heavy atom. The minimum atomic E-state index is -0.482. The molecule has 0 radical (unpaired) electrons. The summed E-state index contributed by atoms with van der Waals surface area (Å²) in [6.45, 7) is 2.07. The first-order valence-electron chi connectivity index (χ1n) is 2.84. The van der Waals surface area contributed by atoms with Gasteiger partial charge in [0.05, 0.1) is 0 Å². The molecule has 1 unspecified atom stereocenters. The first-order valence-corrected chi connectivity index (χ1v) is 3.99. The molecule has 0 fully saturated rings. The Bertz CT molecular complexity index is 113. The van der Waals surface area contributed by atoms with E-state index in [0.29, 0.717) is 40.8 Å². The molecule has 0 saturated carbocycles. The van der Waals surface area contributed by atoms with Crippen LogP contribution in [0, 0.1) is 0 Å². The molecule has 0 spiro atoms. The van der Waals surface area contributed by atoms with Crippen molar-refractivity contribution in [2.24, 2.45) is 0 Å². The van der Waals surface area contributed by atoms with Gasteiger partial charge in [0.2, 0.25) is 0 Å². The fourth-order valence-electron chi connectivity index (χ4n) is 0.329. The number of carbonyl (C=O) groups excluding carboxylic acids is 2. The molecule has 46 valence electrons. The summed E-state index contributed by atoms with van der Waals surface area (Å²) < 4.78 is 4.08. The van der Waals surface area contributed by atoms with Gasteiger partial charge in [-0.15, -0.1) is 0 Å².